The van der Waals surface area contributed by atoms with Crippen molar-refractivity contribution in [3.8, 4) is 0 Å². The van der Waals surface area contributed by atoms with E-state index in [0.717, 1.165) is 0 Å². The molecule has 0 spiro atoms. The smallest absolute Gasteiger partial charge is 1.00 e. The average molecular weight is 199 g/mol. The van der Waals surface area contributed by atoms with Crippen molar-refractivity contribution < 1.29 is 12.4 Å². The van der Waals surface area contributed by atoms with Crippen molar-refractivity contribution in [2.75, 3.05) is 7.11 Å². The molecule has 1 rings (SSSR count). The van der Waals surface area contributed by atoms with Gasteiger partial charge in [-0.15, -0.1) is 12.4 Å². The minimum Gasteiger partial charge on any atom is -1.00 e. The zero-order chi connectivity index (χ0) is 7.40. The first-order valence-corrected chi connectivity index (χ1v) is 2.98. The van der Waals surface area contributed by atoms with Crippen molar-refractivity contribution in [3.05, 3.63) is 35.9 Å². The van der Waals surface area contributed by atoms with Gasteiger partial charge in [-0.2, -0.15) is 0 Å². The van der Waals surface area contributed by atoms with Crippen LogP contribution in [-0.2, 0) is 4.74 Å². The predicted octanol–water partition coefficient (Wildman–Crippen LogP) is 1.74. The minimum absolute atomic E-state index is 0. The molecule has 0 aliphatic heterocycles. The van der Waals surface area contributed by atoms with Gasteiger partial charge in [0.2, 0.25) is 0 Å². The van der Waals surface area contributed by atoms with E-state index in [1.54, 1.807) is 24.3 Å². The Balaban J connectivity index is -0.000000125. The van der Waals surface area contributed by atoms with Gasteiger partial charge in [-0.3, -0.25) is 0 Å². The molecule has 12 heavy (non-hydrogen) atoms. The first-order valence-electron chi connectivity index (χ1n) is 2.98. The molecule has 0 bridgehead atoms. The Hall–Kier alpha value is -0.254. The summed E-state index contributed by atoms with van der Waals surface area (Å²) in [6, 6.07) is 8.88. The third-order valence-electron chi connectivity index (χ3n) is 1.19. The predicted molar refractivity (Wildman–Crippen MR) is 53.0 cm³/mol. The fourth-order valence-electron chi connectivity index (χ4n) is 0.692. The maximum absolute atomic E-state index is 10.8. The van der Waals surface area contributed by atoms with Gasteiger partial charge in [-0.05, 0) is 12.1 Å². The SMILES string of the molecule is COC(=O)c1ccccc1.Cl.[H-].[H-].[Mg+2]. The zero-order valence-corrected chi connectivity index (χ0v) is 9.05. The molecule has 0 N–H and O–H groups in total. The van der Waals surface area contributed by atoms with E-state index in [2.05, 4.69) is 4.74 Å². The number of hydrogen-bond donors (Lipinski definition) is 0. The van der Waals surface area contributed by atoms with E-state index < -0.39 is 0 Å². The molecule has 0 heterocycles. The molecule has 0 unspecified atom stereocenters. The minimum atomic E-state index is -0.291. The van der Waals surface area contributed by atoms with Gasteiger partial charge >= 0.3 is 29.0 Å². The van der Waals surface area contributed by atoms with Crippen LogP contribution >= 0.6 is 12.4 Å². The average Bonchev–Trinajstić information content (AvgIpc) is 2.05. The molecular weight excluding hydrogens is 188 g/mol. The number of carbonyl (C=O) groups excluding carboxylic acids is 1. The van der Waals surface area contributed by atoms with Gasteiger partial charge < -0.3 is 7.59 Å². The Labute approximate surface area is 96.8 Å². The van der Waals surface area contributed by atoms with Crippen molar-refractivity contribution in [1.29, 1.82) is 0 Å². The van der Waals surface area contributed by atoms with Crippen LogP contribution in [0.3, 0.4) is 0 Å². The van der Waals surface area contributed by atoms with Crippen LogP contribution < -0.4 is 0 Å². The second-order valence-electron chi connectivity index (χ2n) is 1.86. The summed E-state index contributed by atoms with van der Waals surface area (Å²) in [5, 5.41) is 0. The van der Waals surface area contributed by atoms with E-state index in [1.165, 1.54) is 7.11 Å². The standard InChI is InChI=1S/C8H8O2.ClH.Mg.2H/c1-10-8(9)7-5-3-2-4-6-7;;;;/h2-6H,1H3;1H;;;/q;;+2;2*-1. The van der Waals surface area contributed by atoms with E-state index >= 15 is 0 Å². The fraction of sp³-hybridized carbons (Fsp3) is 0.125. The molecule has 2 nitrogen and oxygen atoms in total. The summed E-state index contributed by atoms with van der Waals surface area (Å²) >= 11 is 0. The van der Waals surface area contributed by atoms with Crippen molar-refractivity contribution in [3.63, 3.8) is 0 Å². The number of halogens is 1. The van der Waals surface area contributed by atoms with Gasteiger partial charge in [0.1, 0.15) is 0 Å². The zero-order valence-electron chi connectivity index (χ0n) is 8.82. The molecule has 4 heteroatoms. The first kappa shape index (κ1) is 14.3. The summed E-state index contributed by atoms with van der Waals surface area (Å²) in [7, 11) is 1.37. The summed E-state index contributed by atoms with van der Waals surface area (Å²) in [4.78, 5) is 10.8. The van der Waals surface area contributed by atoms with E-state index in [4.69, 9.17) is 0 Å². The van der Waals surface area contributed by atoms with Crippen molar-refractivity contribution >= 4 is 41.4 Å². The second-order valence-corrected chi connectivity index (χ2v) is 1.86. The maximum atomic E-state index is 10.8. The monoisotopic (exact) mass is 198 g/mol. The number of benzene rings is 1. The summed E-state index contributed by atoms with van der Waals surface area (Å²) in [5.41, 5.74) is 0.588. The molecule has 0 aliphatic rings. The van der Waals surface area contributed by atoms with Gasteiger partial charge in [0.15, 0.2) is 0 Å². The summed E-state index contributed by atoms with van der Waals surface area (Å²) in [6.45, 7) is 0. The summed E-state index contributed by atoms with van der Waals surface area (Å²) < 4.78 is 4.50. The van der Waals surface area contributed by atoms with Crippen LogP contribution in [0.4, 0.5) is 0 Å². The van der Waals surface area contributed by atoms with E-state index in [9.17, 15) is 4.79 Å². The molecule has 1 aromatic carbocycles. The second kappa shape index (κ2) is 7.40. The van der Waals surface area contributed by atoms with Gasteiger partial charge in [0.25, 0.3) is 0 Å². The van der Waals surface area contributed by atoms with E-state index in [-0.39, 0.29) is 44.3 Å². The largest absolute Gasteiger partial charge is 2.00 e. The molecular formula is C8H11ClMgO2. The van der Waals surface area contributed by atoms with E-state index in [0.29, 0.717) is 5.56 Å². The Kier molecular flexibility index (Phi) is 8.80. The van der Waals surface area contributed by atoms with Crippen molar-refractivity contribution in [2.24, 2.45) is 0 Å². The van der Waals surface area contributed by atoms with Crippen LogP contribution in [0, 0.1) is 0 Å². The van der Waals surface area contributed by atoms with Crippen LogP contribution in [-0.4, -0.2) is 36.1 Å². The molecule has 0 aromatic heterocycles. The molecule has 0 fully saturated rings. The Morgan fingerprint density at radius 1 is 1.33 bits per heavy atom. The number of esters is 1. The molecule has 0 saturated carbocycles. The molecule has 0 saturated heterocycles. The van der Waals surface area contributed by atoms with Crippen LogP contribution in [0.15, 0.2) is 30.3 Å². The quantitative estimate of drug-likeness (QED) is 0.508. The third kappa shape index (κ3) is 3.95. The van der Waals surface area contributed by atoms with Crippen LogP contribution in [0.25, 0.3) is 0 Å². The van der Waals surface area contributed by atoms with Gasteiger partial charge in [-0.1, -0.05) is 18.2 Å². The number of carbonyl (C=O) groups is 1. The molecule has 0 amide bonds. The van der Waals surface area contributed by atoms with Gasteiger partial charge in [0, 0.05) is 0 Å². The third-order valence-corrected chi connectivity index (χ3v) is 1.19. The number of methoxy groups -OCH3 is 1. The normalized spacial score (nSPS) is 7.42. The molecule has 0 aliphatic carbocycles. The molecule has 0 atom stereocenters. The van der Waals surface area contributed by atoms with Gasteiger partial charge in [0.05, 0.1) is 12.7 Å². The number of rotatable bonds is 1. The van der Waals surface area contributed by atoms with Crippen molar-refractivity contribution in [2.45, 2.75) is 0 Å². The van der Waals surface area contributed by atoms with E-state index in [1.807, 2.05) is 6.07 Å². The summed E-state index contributed by atoms with van der Waals surface area (Å²) in [6.07, 6.45) is 0. The molecule has 1 aromatic rings. The Morgan fingerprint density at radius 3 is 2.25 bits per heavy atom. The summed E-state index contributed by atoms with van der Waals surface area (Å²) in [5.74, 6) is -0.291. The van der Waals surface area contributed by atoms with Crippen LogP contribution in [0.1, 0.15) is 13.2 Å². The van der Waals surface area contributed by atoms with Gasteiger partial charge in [-0.25, -0.2) is 4.79 Å². The van der Waals surface area contributed by atoms with Crippen molar-refractivity contribution in [1.82, 2.24) is 0 Å². The first-order chi connectivity index (χ1) is 4.84. The number of ether oxygens (including phenoxy) is 1. The topological polar surface area (TPSA) is 26.3 Å². The Bertz CT molecular complexity index is 234. The van der Waals surface area contributed by atoms with Crippen LogP contribution in [0.5, 0.6) is 0 Å². The molecule has 0 radical (unpaired) electrons. The molecule has 64 valence electrons. The maximum Gasteiger partial charge on any atom is 2.00 e. The van der Waals surface area contributed by atoms with Crippen LogP contribution in [0.2, 0.25) is 0 Å². The fourth-order valence-corrected chi connectivity index (χ4v) is 0.692. The Morgan fingerprint density at radius 2 is 1.83 bits per heavy atom. The number of hydrogen-bond acceptors (Lipinski definition) is 2.